The summed E-state index contributed by atoms with van der Waals surface area (Å²) in [5.74, 6) is 3.09. The van der Waals surface area contributed by atoms with E-state index in [0.717, 1.165) is 38.2 Å². The predicted molar refractivity (Wildman–Crippen MR) is 140 cm³/mol. The Morgan fingerprint density at radius 1 is 1.00 bits per heavy atom. The molecule has 3 aromatic rings. The predicted octanol–water partition coefficient (Wildman–Crippen LogP) is 3.79. The number of fused-ring (bicyclic) bond motifs is 2. The van der Waals surface area contributed by atoms with Crippen molar-refractivity contribution in [3.8, 4) is 5.75 Å². The number of anilines is 3. The van der Waals surface area contributed by atoms with Gasteiger partial charge in [-0.05, 0) is 30.0 Å². The van der Waals surface area contributed by atoms with Crippen molar-refractivity contribution in [2.75, 3.05) is 48.8 Å². The van der Waals surface area contributed by atoms with Gasteiger partial charge in [-0.15, -0.1) is 6.58 Å². The fraction of sp³-hybridized carbons (Fsp3) is 0.370. The first-order valence-corrected chi connectivity index (χ1v) is 12.3. The molecule has 3 heterocycles. The van der Waals surface area contributed by atoms with Gasteiger partial charge in [0.2, 0.25) is 17.8 Å². The van der Waals surface area contributed by atoms with Crippen LogP contribution in [0.3, 0.4) is 0 Å². The molecular weight excluding hydrogens is 438 g/mol. The van der Waals surface area contributed by atoms with E-state index >= 15 is 0 Å². The SMILES string of the molecule is C=CCNc1nc(NC)nc(N2CCC(NCC3c4ccccc4COc4ccccc43)CC2)n1. The second-order valence-electron chi connectivity index (χ2n) is 8.95. The number of hydrogen-bond donors (Lipinski definition) is 3. The molecule has 0 radical (unpaired) electrons. The number of rotatable bonds is 8. The number of ether oxygens (including phenoxy) is 1. The van der Waals surface area contributed by atoms with Gasteiger partial charge in [-0.2, -0.15) is 15.0 Å². The number of nitrogens with one attached hydrogen (secondary N) is 3. The zero-order valence-corrected chi connectivity index (χ0v) is 20.2. The van der Waals surface area contributed by atoms with E-state index in [0.29, 0.717) is 37.0 Å². The first kappa shape index (κ1) is 23.1. The number of piperidine rings is 1. The molecule has 1 saturated heterocycles. The molecule has 1 aromatic heterocycles. The van der Waals surface area contributed by atoms with Gasteiger partial charge >= 0.3 is 0 Å². The third kappa shape index (κ3) is 5.22. The minimum atomic E-state index is 0.267. The van der Waals surface area contributed by atoms with Gasteiger partial charge in [0, 0.05) is 50.7 Å². The van der Waals surface area contributed by atoms with Crippen molar-refractivity contribution in [1.29, 1.82) is 0 Å². The third-order valence-corrected chi connectivity index (χ3v) is 6.75. The molecule has 8 heteroatoms. The standard InChI is InChI=1S/C27H33N7O/c1-3-14-29-26-31-25(28-2)32-27(33-26)34-15-12-20(13-16-34)30-17-23-21-9-5-4-8-19(21)18-35-24-11-7-6-10-22(23)24/h3-11,20,23,30H,1,12-18H2,2H3,(H2,28,29,31,32,33). The molecular formula is C27H33N7O. The molecule has 5 rings (SSSR count). The van der Waals surface area contributed by atoms with E-state index in [4.69, 9.17) is 4.74 Å². The van der Waals surface area contributed by atoms with Crippen molar-refractivity contribution in [2.24, 2.45) is 0 Å². The number of nitrogens with zero attached hydrogens (tertiary/aromatic N) is 4. The summed E-state index contributed by atoms with van der Waals surface area (Å²) in [6, 6.07) is 17.5. The molecule has 3 N–H and O–H groups in total. The van der Waals surface area contributed by atoms with Crippen LogP contribution in [0.25, 0.3) is 0 Å². The van der Waals surface area contributed by atoms with Gasteiger partial charge < -0.3 is 25.6 Å². The number of aromatic nitrogens is 3. The lowest BCUT2D eigenvalue weighted by Gasteiger charge is -2.33. The van der Waals surface area contributed by atoms with Crippen LogP contribution in [0.5, 0.6) is 5.75 Å². The Morgan fingerprint density at radius 3 is 2.54 bits per heavy atom. The van der Waals surface area contributed by atoms with Crippen LogP contribution in [0.4, 0.5) is 17.8 Å². The quantitative estimate of drug-likeness (QED) is 0.428. The van der Waals surface area contributed by atoms with Crippen molar-refractivity contribution < 1.29 is 4.74 Å². The van der Waals surface area contributed by atoms with Crippen LogP contribution in [0.15, 0.2) is 61.2 Å². The monoisotopic (exact) mass is 471 g/mol. The molecule has 1 fully saturated rings. The van der Waals surface area contributed by atoms with E-state index < -0.39 is 0 Å². The van der Waals surface area contributed by atoms with E-state index in [1.807, 2.05) is 13.1 Å². The fourth-order valence-corrected chi connectivity index (χ4v) is 4.88. The topological polar surface area (TPSA) is 87.2 Å². The molecule has 0 bridgehead atoms. The second kappa shape index (κ2) is 10.7. The molecule has 1 unspecified atom stereocenters. The molecule has 2 aliphatic rings. The lowest BCUT2D eigenvalue weighted by Crippen LogP contribution is -2.44. The first-order chi connectivity index (χ1) is 17.2. The van der Waals surface area contributed by atoms with Crippen LogP contribution < -0.4 is 25.6 Å². The average molecular weight is 472 g/mol. The summed E-state index contributed by atoms with van der Waals surface area (Å²) in [7, 11) is 1.82. The fourth-order valence-electron chi connectivity index (χ4n) is 4.88. The lowest BCUT2D eigenvalue weighted by molar-refractivity contribution is 0.306. The van der Waals surface area contributed by atoms with Crippen LogP contribution in [0, 0.1) is 0 Å². The zero-order valence-electron chi connectivity index (χ0n) is 20.2. The van der Waals surface area contributed by atoms with Gasteiger partial charge in [-0.1, -0.05) is 48.5 Å². The summed E-state index contributed by atoms with van der Waals surface area (Å²) in [6.45, 7) is 7.65. The number of hydrogen-bond acceptors (Lipinski definition) is 8. The summed E-state index contributed by atoms with van der Waals surface area (Å²) in [5.41, 5.74) is 3.87. The minimum absolute atomic E-state index is 0.267. The highest BCUT2D eigenvalue weighted by Gasteiger charge is 2.27. The summed E-state index contributed by atoms with van der Waals surface area (Å²) >= 11 is 0. The maximum Gasteiger partial charge on any atom is 0.231 e. The maximum atomic E-state index is 6.14. The molecule has 35 heavy (non-hydrogen) atoms. The van der Waals surface area contributed by atoms with Crippen LogP contribution in [-0.2, 0) is 6.61 Å². The normalized spacial score (nSPS) is 17.5. The van der Waals surface area contributed by atoms with E-state index in [9.17, 15) is 0 Å². The first-order valence-electron chi connectivity index (χ1n) is 12.3. The molecule has 0 aliphatic carbocycles. The zero-order chi connectivity index (χ0) is 24.0. The Hall–Kier alpha value is -3.65. The summed E-state index contributed by atoms with van der Waals surface area (Å²) < 4.78 is 6.14. The average Bonchev–Trinajstić information content (AvgIpc) is 3.07. The molecule has 0 saturated carbocycles. The van der Waals surface area contributed by atoms with E-state index in [-0.39, 0.29) is 5.92 Å². The summed E-state index contributed by atoms with van der Waals surface area (Å²) in [6.07, 6.45) is 3.85. The molecule has 1 atom stereocenters. The second-order valence-corrected chi connectivity index (χ2v) is 8.95. The van der Waals surface area contributed by atoms with Gasteiger partial charge in [0.15, 0.2) is 0 Å². The van der Waals surface area contributed by atoms with Crippen LogP contribution in [0.2, 0.25) is 0 Å². The van der Waals surface area contributed by atoms with Gasteiger partial charge in [-0.25, -0.2) is 0 Å². The Kier molecular flexibility index (Phi) is 7.09. The maximum absolute atomic E-state index is 6.14. The summed E-state index contributed by atoms with van der Waals surface area (Å²) in [5, 5.41) is 10.1. The Morgan fingerprint density at radius 2 is 1.74 bits per heavy atom. The van der Waals surface area contributed by atoms with Crippen LogP contribution in [-0.4, -0.2) is 54.2 Å². The van der Waals surface area contributed by atoms with Crippen molar-refractivity contribution in [2.45, 2.75) is 31.4 Å². The number of para-hydroxylation sites is 1. The minimum Gasteiger partial charge on any atom is -0.489 e. The number of benzene rings is 2. The highest BCUT2D eigenvalue weighted by Crippen LogP contribution is 2.37. The molecule has 182 valence electrons. The molecule has 0 spiro atoms. The smallest absolute Gasteiger partial charge is 0.231 e. The third-order valence-electron chi connectivity index (χ3n) is 6.75. The van der Waals surface area contributed by atoms with Gasteiger partial charge in [0.25, 0.3) is 0 Å². The summed E-state index contributed by atoms with van der Waals surface area (Å²) in [4.78, 5) is 15.8. The Balaban J connectivity index is 1.25. The van der Waals surface area contributed by atoms with Gasteiger partial charge in [0.05, 0.1) is 0 Å². The van der Waals surface area contributed by atoms with Crippen molar-refractivity contribution in [1.82, 2.24) is 20.3 Å². The van der Waals surface area contributed by atoms with Crippen molar-refractivity contribution in [3.63, 3.8) is 0 Å². The van der Waals surface area contributed by atoms with E-state index in [2.05, 4.69) is 84.8 Å². The van der Waals surface area contributed by atoms with Gasteiger partial charge in [-0.3, -0.25) is 0 Å². The Bertz CT molecular complexity index is 1110. The van der Waals surface area contributed by atoms with E-state index in [1.54, 1.807) is 6.08 Å². The van der Waals surface area contributed by atoms with E-state index in [1.165, 1.54) is 16.7 Å². The highest BCUT2D eigenvalue weighted by atomic mass is 16.5. The van der Waals surface area contributed by atoms with Crippen molar-refractivity contribution in [3.05, 3.63) is 77.9 Å². The van der Waals surface area contributed by atoms with Crippen LogP contribution in [0.1, 0.15) is 35.4 Å². The van der Waals surface area contributed by atoms with Crippen molar-refractivity contribution >= 4 is 17.8 Å². The highest BCUT2D eigenvalue weighted by molar-refractivity contribution is 5.47. The van der Waals surface area contributed by atoms with Gasteiger partial charge in [0.1, 0.15) is 12.4 Å². The largest absolute Gasteiger partial charge is 0.489 e. The van der Waals surface area contributed by atoms with Crippen LogP contribution >= 0.6 is 0 Å². The molecule has 0 amide bonds. The molecule has 2 aliphatic heterocycles. The Labute approximate surface area is 206 Å². The molecule has 8 nitrogen and oxygen atoms in total. The lowest BCUT2D eigenvalue weighted by atomic mass is 9.88. The molecule has 2 aromatic carbocycles.